The highest BCUT2D eigenvalue weighted by molar-refractivity contribution is 5.88. The zero-order valence-electron chi connectivity index (χ0n) is 13.6. The van der Waals surface area contributed by atoms with E-state index < -0.39 is 0 Å². The summed E-state index contributed by atoms with van der Waals surface area (Å²) in [5, 5.41) is 3.95. The number of nitrogens with zero attached hydrogens (tertiary/aromatic N) is 1. The molecule has 3 N–H and O–H groups in total. The number of nitrogens with one attached hydrogen (secondary N) is 3. The minimum Gasteiger partial charge on any atom is -0.361 e. The van der Waals surface area contributed by atoms with Crippen molar-refractivity contribution in [2.45, 2.75) is 13.0 Å². The van der Waals surface area contributed by atoms with E-state index in [1.165, 1.54) is 0 Å². The van der Waals surface area contributed by atoms with Gasteiger partial charge in [0.1, 0.15) is 0 Å². The van der Waals surface area contributed by atoms with Gasteiger partial charge < -0.3 is 15.3 Å². The van der Waals surface area contributed by atoms with Crippen LogP contribution in [0.4, 0.5) is 0 Å². The number of rotatable bonds is 5. The molecule has 4 rings (SSSR count). The number of fused-ring (bicyclic) bond motifs is 2. The van der Waals surface area contributed by atoms with Crippen molar-refractivity contribution < 1.29 is 4.79 Å². The summed E-state index contributed by atoms with van der Waals surface area (Å²) in [4.78, 5) is 30.2. The highest BCUT2D eigenvalue weighted by Gasteiger charge is 2.09. The van der Waals surface area contributed by atoms with Crippen LogP contribution in [0.5, 0.6) is 0 Å². The van der Waals surface area contributed by atoms with Gasteiger partial charge in [-0.05, 0) is 23.8 Å². The molecule has 2 aromatic heterocycles. The minimum atomic E-state index is -0.160. The molecule has 1 amide bonds. The molecule has 126 valence electrons. The first-order valence-electron chi connectivity index (χ1n) is 8.21. The van der Waals surface area contributed by atoms with E-state index in [0.717, 1.165) is 27.5 Å². The lowest BCUT2D eigenvalue weighted by Crippen LogP contribution is -2.31. The number of carbonyl (C=O) groups excluding carboxylic acids is 1. The van der Waals surface area contributed by atoms with E-state index in [1.807, 2.05) is 54.7 Å². The van der Waals surface area contributed by atoms with E-state index in [0.29, 0.717) is 19.5 Å². The van der Waals surface area contributed by atoms with Crippen molar-refractivity contribution in [3.63, 3.8) is 0 Å². The first kappa shape index (κ1) is 15.3. The molecule has 2 heterocycles. The summed E-state index contributed by atoms with van der Waals surface area (Å²) in [6.07, 6.45) is 2.18. The van der Waals surface area contributed by atoms with Crippen LogP contribution in [-0.2, 0) is 17.8 Å². The summed E-state index contributed by atoms with van der Waals surface area (Å²) in [7, 11) is 0. The average molecular weight is 334 g/mol. The number of imidazole rings is 1. The minimum absolute atomic E-state index is 0.0577. The zero-order valence-corrected chi connectivity index (χ0v) is 13.6. The van der Waals surface area contributed by atoms with Crippen molar-refractivity contribution in [1.82, 2.24) is 19.9 Å². The third kappa shape index (κ3) is 2.94. The molecule has 25 heavy (non-hydrogen) atoms. The molecule has 0 aliphatic heterocycles. The molecule has 6 heteroatoms. The number of amides is 1. The van der Waals surface area contributed by atoms with E-state index in [9.17, 15) is 9.59 Å². The summed E-state index contributed by atoms with van der Waals surface area (Å²) in [6, 6.07) is 15.4. The molecular formula is C19H18N4O2. The Bertz CT molecular complexity index is 1100. The Morgan fingerprint density at radius 1 is 1.04 bits per heavy atom. The number of aromatic nitrogens is 3. The smallest absolute Gasteiger partial charge is 0.326 e. The number of hydrogen-bond donors (Lipinski definition) is 3. The molecule has 0 bridgehead atoms. The molecule has 0 unspecified atom stereocenters. The quantitative estimate of drug-likeness (QED) is 0.523. The van der Waals surface area contributed by atoms with Gasteiger partial charge in [0.15, 0.2) is 0 Å². The van der Waals surface area contributed by atoms with Gasteiger partial charge in [-0.15, -0.1) is 0 Å². The van der Waals surface area contributed by atoms with Crippen molar-refractivity contribution in [3.05, 3.63) is 70.8 Å². The largest absolute Gasteiger partial charge is 0.361 e. The second kappa shape index (κ2) is 6.32. The molecule has 0 aliphatic carbocycles. The molecule has 0 aliphatic rings. The van der Waals surface area contributed by atoms with Crippen LogP contribution >= 0.6 is 0 Å². The maximum Gasteiger partial charge on any atom is 0.326 e. The van der Waals surface area contributed by atoms with Crippen molar-refractivity contribution in [3.8, 4) is 0 Å². The Labute approximate surface area is 143 Å². The number of benzene rings is 2. The highest BCUT2D eigenvalue weighted by Crippen LogP contribution is 2.17. The number of aromatic amines is 2. The van der Waals surface area contributed by atoms with Crippen LogP contribution in [0, 0.1) is 0 Å². The normalized spacial score (nSPS) is 11.2. The van der Waals surface area contributed by atoms with Gasteiger partial charge in [-0.3, -0.25) is 9.36 Å². The van der Waals surface area contributed by atoms with Gasteiger partial charge in [-0.25, -0.2) is 4.79 Å². The van der Waals surface area contributed by atoms with Crippen LogP contribution in [-0.4, -0.2) is 27.0 Å². The maximum absolute atomic E-state index is 12.2. The molecule has 0 saturated heterocycles. The van der Waals surface area contributed by atoms with Gasteiger partial charge in [0, 0.05) is 30.2 Å². The summed E-state index contributed by atoms with van der Waals surface area (Å²) in [5.41, 5.74) is 3.48. The lowest BCUT2D eigenvalue weighted by molar-refractivity contribution is -0.120. The topological polar surface area (TPSA) is 82.7 Å². The van der Waals surface area contributed by atoms with Crippen LogP contribution in [0.2, 0.25) is 0 Å². The summed E-state index contributed by atoms with van der Waals surface area (Å²) >= 11 is 0. The van der Waals surface area contributed by atoms with Crippen LogP contribution < -0.4 is 11.0 Å². The first-order chi connectivity index (χ1) is 12.2. The predicted octanol–water partition coefficient (Wildman–Crippen LogP) is 2.17. The first-order valence-corrected chi connectivity index (χ1v) is 8.21. The van der Waals surface area contributed by atoms with E-state index >= 15 is 0 Å². The van der Waals surface area contributed by atoms with Crippen LogP contribution in [0.15, 0.2) is 59.5 Å². The van der Waals surface area contributed by atoms with Gasteiger partial charge in [-0.2, -0.15) is 0 Å². The Morgan fingerprint density at radius 3 is 2.68 bits per heavy atom. The van der Waals surface area contributed by atoms with Crippen molar-refractivity contribution in [2.75, 3.05) is 6.54 Å². The summed E-state index contributed by atoms with van der Waals surface area (Å²) < 4.78 is 1.64. The summed E-state index contributed by atoms with van der Waals surface area (Å²) in [6.45, 7) is 0.839. The molecule has 0 radical (unpaired) electrons. The SMILES string of the molecule is O=C(Cc1c[nH]c2ccccc12)NCCn1c(=O)[nH]c2ccccc21. The van der Waals surface area contributed by atoms with E-state index in [1.54, 1.807) is 4.57 Å². The van der Waals surface area contributed by atoms with Gasteiger partial charge >= 0.3 is 5.69 Å². The predicted molar refractivity (Wildman–Crippen MR) is 97.6 cm³/mol. The van der Waals surface area contributed by atoms with Gasteiger partial charge in [0.05, 0.1) is 17.5 Å². The Morgan fingerprint density at radius 2 is 1.80 bits per heavy atom. The number of hydrogen-bond acceptors (Lipinski definition) is 2. The van der Waals surface area contributed by atoms with E-state index in [-0.39, 0.29) is 11.6 Å². The number of para-hydroxylation sites is 3. The van der Waals surface area contributed by atoms with Crippen molar-refractivity contribution >= 4 is 27.8 Å². The fraction of sp³-hybridized carbons (Fsp3) is 0.158. The molecule has 0 fully saturated rings. The third-order valence-corrected chi connectivity index (χ3v) is 4.37. The summed E-state index contributed by atoms with van der Waals surface area (Å²) in [5.74, 6) is -0.0577. The number of carbonyl (C=O) groups is 1. The molecular weight excluding hydrogens is 316 g/mol. The van der Waals surface area contributed by atoms with Crippen molar-refractivity contribution in [1.29, 1.82) is 0 Å². The highest BCUT2D eigenvalue weighted by atomic mass is 16.2. The zero-order chi connectivity index (χ0) is 17.2. The standard InChI is InChI=1S/C19H18N4O2/c24-18(11-13-12-21-15-6-2-1-5-14(13)15)20-9-10-23-17-8-4-3-7-16(17)22-19(23)25/h1-8,12,21H,9-11H2,(H,20,24)(H,22,25). The fourth-order valence-electron chi connectivity index (χ4n) is 3.15. The molecule has 2 aromatic carbocycles. The molecule has 0 spiro atoms. The monoisotopic (exact) mass is 334 g/mol. The lowest BCUT2D eigenvalue weighted by Gasteiger charge is -2.06. The van der Waals surface area contributed by atoms with Gasteiger partial charge in [0.25, 0.3) is 0 Å². The van der Waals surface area contributed by atoms with Gasteiger partial charge in [0.2, 0.25) is 5.91 Å². The van der Waals surface area contributed by atoms with E-state index in [2.05, 4.69) is 15.3 Å². The fourth-order valence-corrected chi connectivity index (χ4v) is 3.15. The number of H-pyrrole nitrogens is 2. The molecule has 0 atom stereocenters. The maximum atomic E-state index is 12.2. The Balaban J connectivity index is 1.40. The third-order valence-electron chi connectivity index (χ3n) is 4.37. The molecule has 6 nitrogen and oxygen atoms in total. The Kier molecular flexibility index (Phi) is 3.85. The van der Waals surface area contributed by atoms with Crippen LogP contribution in [0.3, 0.4) is 0 Å². The van der Waals surface area contributed by atoms with E-state index in [4.69, 9.17) is 0 Å². The van der Waals surface area contributed by atoms with Crippen molar-refractivity contribution in [2.24, 2.45) is 0 Å². The lowest BCUT2D eigenvalue weighted by atomic mass is 10.1. The van der Waals surface area contributed by atoms with Crippen LogP contribution in [0.1, 0.15) is 5.56 Å². The molecule has 4 aromatic rings. The molecule has 0 saturated carbocycles. The second-order valence-corrected chi connectivity index (χ2v) is 5.99. The second-order valence-electron chi connectivity index (χ2n) is 5.99. The average Bonchev–Trinajstić information content (AvgIpc) is 3.16. The van der Waals surface area contributed by atoms with Crippen LogP contribution in [0.25, 0.3) is 21.9 Å². The Hall–Kier alpha value is -3.28. The van der Waals surface area contributed by atoms with Gasteiger partial charge in [-0.1, -0.05) is 30.3 Å².